The Morgan fingerprint density at radius 2 is 1.54 bits per heavy atom. The van der Waals surface area contributed by atoms with E-state index in [-0.39, 0.29) is 24.7 Å². The Hall–Kier alpha value is -4.44. The SMILES string of the molecule is C.C=O.C=O.CC1CCN(C)CC1.CNc1cnn2c(C)cc(-c3ccccc3O)nc12.Cc1ccc(O)cc1O. The zero-order valence-corrected chi connectivity index (χ0v) is 24.0. The molecule has 10 nitrogen and oxygen atoms in total. The average Bonchev–Trinajstić information content (AvgIpc) is 3.39. The maximum absolute atomic E-state index is 9.93. The highest BCUT2D eigenvalue weighted by molar-refractivity contribution is 5.73. The number of rotatable bonds is 2. The van der Waals surface area contributed by atoms with Crippen LogP contribution in [0, 0.1) is 19.8 Å². The lowest BCUT2D eigenvalue weighted by Gasteiger charge is -2.26. The highest BCUT2D eigenvalue weighted by atomic mass is 16.3. The van der Waals surface area contributed by atoms with Gasteiger partial charge in [0.15, 0.2) is 5.65 Å². The molecule has 41 heavy (non-hydrogen) atoms. The molecule has 2 aromatic heterocycles. The second-order valence-corrected chi connectivity index (χ2v) is 9.30. The fourth-order valence-corrected chi connectivity index (χ4v) is 3.85. The van der Waals surface area contributed by atoms with Gasteiger partial charge in [0.25, 0.3) is 0 Å². The van der Waals surface area contributed by atoms with Crippen LogP contribution in [0.15, 0.2) is 54.7 Å². The molecule has 10 heteroatoms. The van der Waals surface area contributed by atoms with Crippen molar-refractivity contribution in [1.82, 2.24) is 19.5 Å². The van der Waals surface area contributed by atoms with Gasteiger partial charge in [-0.2, -0.15) is 5.10 Å². The van der Waals surface area contributed by atoms with Crippen molar-refractivity contribution < 1.29 is 24.9 Å². The highest BCUT2D eigenvalue weighted by Gasteiger charge is 2.12. The molecule has 0 atom stereocenters. The number of hydrogen-bond donors (Lipinski definition) is 4. The third kappa shape index (κ3) is 10.9. The molecule has 4 N–H and O–H groups in total. The zero-order valence-electron chi connectivity index (χ0n) is 24.0. The van der Waals surface area contributed by atoms with Crippen molar-refractivity contribution in [3.63, 3.8) is 0 Å². The number of phenolic OH excluding ortho intramolecular Hbond substituents is 3. The van der Waals surface area contributed by atoms with Crippen LogP contribution in [0.4, 0.5) is 5.69 Å². The van der Waals surface area contributed by atoms with Gasteiger partial charge in [0.05, 0.1) is 17.6 Å². The molecule has 3 heterocycles. The van der Waals surface area contributed by atoms with Crippen LogP contribution in [0.3, 0.4) is 0 Å². The Morgan fingerprint density at radius 1 is 0.927 bits per heavy atom. The minimum Gasteiger partial charge on any atom is -0.508 e. The van der Waals surface area contributed by atoms with Gasteiger partial charge in [-0.1, -0.05) is 32.5 Å². The van der Waals surface area contributed by atoms with E-state index in [9.17, 15) is 5.11 Å². The van der Waals surface area contributed by atoms with Crippen molar-refractivity contribution in [3.8, 4) is 28.5 Å². The molecular weight excluding hydrogens is 522 g/mol. The average molecular weight is 568 g/mol. The molecule has 1 saturated heterocycles. The van der Waals surface area contributed by atoms with Crippen LogP contribution in [0.2, 0.25) is 0 Å². The molecule has 0 amide bonds. The van der Waals surface area contributed by atoms with Gasteiger partial charge in [-0.05, 0) is 82.6 Å². The van der Waals surface area contributed by atoms with Gasteiger partial charge in [0, 0.05) is 24.4 Å². The van der Waals surface area contributed by atoms with Crippen molar-refractivity contribution in [3.05, 3.63) is 66.0 Å². The summed E-state index contributed by atoms with van der Waals surface area (Å²) in [6.07, 6.45) is 4.54. The minimum atomic E-state index is 0. The van der Waals surface area contributed by atoms with E-state index < -0.39 is 0 Å². The maximum atomic E-state index is 9.93. The van der Waals surface area contributed by atoms with E-state index >= 15 is 0 Å². The van der Waals surface area contributed by atoms with E-state index in [1.807, 2.05) is 45.7 Å². The third-order valence-electron chi connectivity index (χ3n) is 6.30. The van der Waals surface area contributed by atoms with Crippen molar-refractivity contribution in [2.75, 3.05) is 32.5 Å². The maximum Gasteiger partial charge on any atom is 0.179 e. The molecule has 224 valence electrons. The molecule has 0 spiro atoms. The predicted octanol–water partition coefficient (Wildman–Crippen LogP) is 5.47. The molecule has 1 aliphatic rings. The molecule has 4 aromatic rings. The largest absolute Gasteiger partial charge is 0.508 e. The second-order valence-electron chi connectivity index (χ2n) is 9.30. The number of fused-ring (bicyclic) bond motifs is 1. The molecular formula is C31H45N5O5. The van der Waals surface area contributed by atoms with Gasteiger partial charge in [0.2, 0.25) is 0 Å². The number of nitrogens with one attached hydrogen (secondary N) is 1. The van der Waals surface area contributed by atoms with Crippen LogP contribution in [0.5, 0.6) is 17.2 Å². The highest BCUT2D eigenvalue weighted by Crippen LogP contribution is 2.29. The quantitative estimate of drug-likeness (QED) is 0.248. The number of aryl methyl sites for hydroxylation is 2. The fraction of sp³-hybridized carbons (Fsp3) is 0.355. The molecule has 1 fully saturated rings. The van der Waals surface area contributed by atoms with E-state index in [0.717, 1.165) is 39.8 Å². The number of aromatic hydroxyl groups is 3. The summed E-state index contributed by atoms with van der Waals surface area (Å²) < 4.78 is 1.77. The summed E-state index contributed by atoms with van der Waals surface area (Å²) in [7, 11) is 4.03. The lowest BCUT2D eigenvalue weighted by Crippen LogP contribution is -2.28. The Labute approximate surface area is 243 Å². The number of hydrogen-bond acceptors (Lipinski definition) is 9. The van der Waals surface area contributed by atoms with Crippen LogP contribution in [0.1, 0.15) is 38.4 Å². The minimum absolute atomic E-state index is 0. The molecule has 2 aromatic carbocycles. The Kier molecular flexibility index (Phi) is 16.7. The number of nitrogens with zero attached hydrogens (tertiary/aromatic N) is 4. The first-order valence-corrected chi connectivity index (χ1v) is 12.8. The molecule has 1 aliphatic heterocycles. The van der Waals surface area contributed by atoms with Crippen LogP contribution >= 0.6 is 0 Å². The number of phenols is 3. The first-order chi connectivity index (χ1) is 19.2. The summed E-state index contributed by atoms with van der Waals surface area (Å²) in [6.45, 7) is 12.7. The molecule has 5 rings (SSSR count). The molecule has 0 saturated carbocycles. The Bertz CT molecular complexity index is 1310. The predicted molar refractivity (Wildman–Crippen MR) is 166 cm³/mol. The fourth-order valence-electron chi connectivity index (χ4n) is 3.85. The zero-order chi connectivity index (χ0) is 30.2. The van der Waals surface area contributed by atoms with Crippen molar-refractivity contribution in [1.29, 1.82) is 0 Å². The van der Waals surface area contributed by atoms with E-state index in [1.165, 1.54) is 38.1 Å². The molecule has 0 bridgehead atoms. The smallest absolute Gasteiger partial charge is 0.179 e. The Balaban J connectivity index is 0.000000612. The van der Waals surface area contributed by atoms with Gasteiger partial charge in [-0.3, -0.25) is 0 Å². The number of aromatic nitrogens is 3. The molecule has 0 unspecified atom stereocenters. The number of carbonyl (C=O) groups excluding carboxylic acids is 2. The first-order valence-electron chi connectivity index (χ1n) is 12.8. The number of para-hydroxylation sites is 1. The lowest BCUT2D eigenvalue weighted by atomic mass is 10.00. The summed E-state index contributed by atoms with van der Waals surface area (Å²) >= 11 is 0. The number of piperidine rings is 1. The van der Waals surface area contributed by atoms with E-state index in [1.54, 1.807) is 35.8 Å². The Morgan fingerprint density at radius 3 is 2.05 bits per heavy atom. The summed E-state index contributed by atoms with van der Waals surface area (Å²) in [5, 5.41) is 35.0. The lowest BCUT2D eigenvalue weighted by molar-refractivity contribution is -0.0987. The van der Waals surface area contributed by atoms with Gasteiger partial charge in [-0.25, -0.2) is 9.50 Å². The van der Waals surface area contributed by atoms with Crippen molar-refractivity contribution in [2.24, 2.45) is 5.92 Å². The van der Waals surface area contributed by atoms with Crippen LogP contribution in [0.25, 0.3) is 16.9 Å². The summed E-state index contributed by atoms with van der Waals surface area (Å²) in [4.78, 5) is 23.0. The van der Waals surface area contributed by atoms with Gasteiger partial charge in [0.1, 0.15) is 30.8 Å². The second kappa shape index (κ2) is 18.8. The summed E-state index contributed by atoms with van der Waals surface area (Å²) in [5.41, 5.74) is 4.80. The first kappa shape index (κ1) is 36.6. The van der Waals surface area contributed by atoms with Gasteiger partial charge in [-0.15, -0.1) is 0 Å². The number of benzene rings is 2. The van der Waals surface area contributed by atoms with Gasteiger partial charge >= 0.3 is 0 Å². The standard InChI is InChI=1S/C14H14N4O.C7H15N.C7H8O2.2CH2O.CH4/c1-9-7-11(10-5-3-4-6-13(10)19)17-14-12(15-2)8-16-18(9)14;1-7-3-5-8(2)6-4-7;1-5-2-3-6(8)4-7(5)9;2*1-2;/h3-8,15,19H,1-2H3;7H,3-6H2,1-2H3;2-4,8-9H,1H3;2*1H2;1H4. The van der Waals surface area contributed by atoms with E-state index in [2.05, 4.69) is 34.3 Å². The van der Waals surface area contributed by atoms with Crippen LogP contribution in [-0.4, -0.2) is 75.6 Å². The monoisotopic (exact) mass is 567 g/mol. The molecule has 0 aliphatic carbocycles. The van der Waals surface area contributed by atoms with Crippen LogP contribution < -0.4 is 5.32 Å². The van der Waals surface area contributed by atoms with E-state index in [4.69, 9.17) is 19.8 Å². The number of likely N-dealkylation sites (tertiary alicyclic amines) is 1. The topological polar surface area (TPSA) is 140 Å². The summed E-state index contributed by atoms with van der Waals surface area (Å²) in [6, 6.07) is 13.6. The van der Waals surface area contributed by atoms with Crippen molar-refractivity contribution >= 4 is 24.9 Å². The van der Waals surface area contributed by atoms with Gasteiger partial charge < -0.3 is 35.1 Å². The van der Waals surface area contributed by atoms with Crippen LogP contribution in [-0.2, 0) is 9.59 Å². The normalized spacial score (nSPS) is 12.4. The van der Waals surface area contributed by atoms with E-state index in [0.29, 0.717) is 0 Å². The number of anilines is 1. The third-order valence-corrected chi connectivity index (χ3v) is 6.30. The summed E-state index contributed by atoms with van der Waals surface area (Å²) in [5.74, 6) is 1.43. The molecule has 0 radical (unpaired) electrons. The van der Waals surface area contributed by atoms with Crippen molar-refractivity contribution in [2.45, 2.75) is 41.0 Å². The number of carbonyl (C=O) groups is 2.